The van der Waals surface area contributed by atoms with Crippen LogP contribution in [0, 0.1) is 10.1 Å². The van der Waals surface area contributed by atoms with Crippen molar-refractivity contribution in [2.75, 3.05) is 12.4 Å². The molecule has 5 nitrogen and oxygen atoms in total. The SMILES string of the molecule is O=C(NCCCCCCl)c1ccc([N+](=O)[O-])s1. The van der Waals surface area contributed by atoms with E-state index in [2.05, 4.69) is 5.32 Å². The fourth-order valence-electron chi connectivity index (χ4n) is 1.23. The first-order chi connectivity index (χ1) is 8.15. The van der Waals surface area contributed by atoms with Gasteiger partial charge >= 0.3 is 5.00 Å². The Hall–Kier alpha value is -1.14. The minimum Gasteiger partial charge on any atom is -0.351 e. The molecule has 0 aliphatic heterocycles. The molecule has 0 bridgehead atoms. The third-order valence-corrected chi connectivity index (χ3v) is 3.39. The number of thiophene rings is 1. The van der Waals surface area contributed by atoms with Crippen molar-refractivity contribution in [1.29, 1.82) is 0 Å². The number of carbonyl (C=O) groups excluding carboxylic acids is 1. The molecule has 1 amide bonds. The molecule has 94 valence electrons. The van der Waals surface area contributed by atoms with Gasteiger partial charge in [-0.1, -0.05) is 17.8 Å². The average Bonchev–Trinajstić information content (AvgIpc) is 2.78. The quantitative estimate of drug-likeness (QED) is 0.360. The lowest BCUT2D eigenvalue weighted by atomic mass is 10.2. The highest BCUT2D eigenvalue weighted by Crippen LogP contribution is 2.23. The van der Waals surface area contributed by atoms with E-state index in [1.54, 1.807) is 0 Å². The lowest BCUT2D eigenvalue weighted by molar-refractivity contribution is -0.380. The number of hydrogen-bond donors (Lipinski definition) is 1. The summed E-state index contributed by atoms with van der Waals surface area (Å²) in [7, 11) is 0. The van der Waals surface area contributed by atoms with E-state index in [1.807, 2.05) is 0 Å². The molecule has 1 heterocycles. The van der Waals surface area contributed by atoms with E-state index >= 15 is 0 Å². The molecule has 0 aromatic carbocycles. The smallest absolute Gasteiger partial charge is 0.324 e. The van der Waals surface area contributed by atoms with Gasteiger partial charge in [-0.15, -0.1) is 11.6 Å². The van der Waals surface area contributed by atoms with Crippen LogP contribution in [0.1, 0.15) is 28.9 Å². The molecule has 0 aliphatic carbocycles. The summed E-state index contributed by atoms with van der Waals surface area (Å²) in [5.41, 5.74) is 0. The summed E-state index contributed by atoms with van der Waals surface area (Å²) in [5, 5.41) is 13.1. The molecule has 0 atom stereocenters. The van der Waals surface area contributed by atoms with Crippen molar-refractivity contribution in [1.82, 2.24) is 5.32 Å². The summed E-state index contributed by atoms with van der Waals surface area (Å²) in [4.78, 5) is 21.9. The number of alkyl halides is 1. The highest BCUT2D eigenvalue weighted by molar-refractivity contribution is 7.17. The normalized spacial score (nSPS) is 10.2. The summed E-state index contributed by atoms with van der Waals surface area (Å²) in [6.07, 6.45) is 2.77. The molecule has 17 heavy (non-hydrogen) atoms. The third kappa shape index (κ3) is 4.70. The lowest BCUT2D eigenvalue weighted by Crippen LogP contribution is -2.23. The van der Waals surface area contributed by atoms with Crippen LogP contribution in [0.2, 0.25) is 0 Å². The van der Waals surface area contributed by atoms with E-state index < -0.39 is 4.92 Å². The van der Waals surface area contributed by atoms with Gasteiger partial charge in [-0.05, 0) is 18.9 Å². The summed E-state index contributed by atoms with van der Waals surface area (Å²) >= 11 is 6.41. The average molecular weight is 277 g/mol. The molecular formula is C10H13ClN2O3S. The number of unbranched alkanes of at least 4 members (excludes halogenated alkanes) is 2. The molecule has 1 N–H and O–H groups in total. The predicted octanol–water partition coefficient (Wildman–Crippen LogP) is 2.80. The summed E-state index contributed by atoms with van der Waals surface area (Å²) < 4.78 is 0. The van der Waals surface area contributed by atoms with Gasteiger partial charge in [0, 0.05) is 18.5 Å². The van der Waals surface area contributed by atoms with Gasteiger partial charge in [0.15, 0.2) is 0 Å². The molecule has 7 heteroatoms. The summed E-state index contributed by atoms with van der Waals surface area (Å²) in [5.74, 6) is 0.374. The maximum atomic E-state index is 11.6. The second kappa shape index (κ2) is 7.24. The van der Waals surface area contributed by atoms with Crippen LogP contribution in [-0.2, 0) is 0 Å². The number of carbonyl (C=O) groups is 1. The van der Waals surface area contributed by atoms with Gasteiger partial charge in [-0.3, -0.25) is 14.9 Å². The van der Waals surface area contributed by atoms with Crippen LogP contribution in [-0.4, -0.2) is 23.3 Å². The zero-order valence-corrected chi connectivity index (χ0v) is 10.7. The highest BCUT2D eigenvalue weighted by atomic mass is 35.5. The van der Waals surface area contributed by atoms with E-state index in [9.17, 15) is 14.9 Å². The monoisotopic (exact) mass is 276 g/mol. The number of nitrogens with one attached hydrogen (secondary N) is 1. The number of nitrogens with zero attached hydrogens (tertiary/aromatic N) is 1. The standard InChI is InChI=1S/C10H13ClN2O3S/c11-6-2-1-3-7-12-10(14)8-4-5-9(17-8)13(15)16/h4-5H,1-3,6-7H2,(H,12,14). The van der Waals surface area contributed by atoms with Crippen molar-refractivity contribution in [2.24, 2.45) is 0 Å². The second-order valence-electron chi connectivity index (χ2n) is 3.40. The van der Waals surface area contributed by atoms with Gasteiger partial charge in [-0.2, -0.15) is 0 Å². The zero-order chi connectivity index (χ0) is 12.7. The molecule has 0 fully saturated rings. The third-order valence-electron chi connectivity index (χ3n) is 2.09. The van der Waals surface area contributed by atoms with Crippen molar-refractivity contribution in [3.8, 4) is 0 Å². The minimum atomic E-state index is -0.498. The fraction of sp³-hybridized carbons (Fsp3) is 0.500. The van der Waals surface area contributed by atoms with Crippen LogP contribution in [0.25, 0.3) is 0 Å². The largest absolute Gasteiger partial charge is 0.351 e. The van der Waals surface area contributed by atoms with Crippen molar-refractivity contribution in [3.05, 3.63) is 27.1 Å². The molecule has 0 saturated carbocycles. The maximum Gasteiger partial charge on any atom is 0.324 e. The Morgan fingerprint density at radius 1 is 1.41 bits per heavy atom. The number of hydrogen-bond acceptors (Lipinski definition) is 4. The Bertz CT molecular complexity index is 395. The van der Waals surface area contributed by atoms with Crippen molar-refractivity contribution >= 4 is 33.8 Å². The Balaban J connectivity index is 2.34. The van der Waals surface area contributed by atoms with E-state index in [0.717, 1.165) is 30.6 Å². The van der Waals surface area contributed by atoms with Gasteiger partial charge in [0.05, 0.1) is 9.80 Å². The topological polar surface area (TPSA) is 72.2 Å². The van der Waals surface area contributed by atoms with Crippen LogP contribution >= 0.6 is 22.9 Å². The molecule has 0 radical (unpaired) electrons. The second-order valence-corrected chi connectivity index (χ2v) is 4.84. The van der Waals surface area contributed by atoms with Crippen LogP contribution in [0.15, 0.2) is 12.1 Å². The highest BCUT2D eigenvalue weighted by Gasteiger charge is 2.14. The first-order valence-electron chi connectivity index (χ1n) is 5.23. The number of rotatable bonds is 7. The van der Waals surface area contributed by atoms with Crippen molar-refractivity contribution < 1.29 is 9.72 Å². The summed E-state index contributed by atoms with van der Waals surface area (Å²) in [6.45, 7) is 0.571. The Morgan fingerprint density at radius 2 is 2.18 bits per heavy atom. The molecule has 0 spiro atoms. The van der Waals surface area contributed by atoms with Crippen LogP contribution in [0.5, 0.6) is 0 Å². The van der Waals surface area contributed by atoms with E-state index in [0.29, 0.717) is 17.3 Å². The Labute approximate surface area is 108 Å². The minimum absolute atomic E-state index is 0.0164. The van der Waals surface area contributed by atoms with Crippen LogP contribution < -0.4 is 5.32 Å². The van der Waals surface area contributed by atoms with E-state index in [4.69, 9.17) is 11.6 Å². The van der Waals surface area contributed by atoms with Gasteiger partial charge in [0.2, 0.25) is 0 Å². The van der Waals surface area contributed by atoms with Crippen LogP contribution in [0.3, 0.4) is 0 Å². The van der Waals surface area contributed by atoms with Gasteiger partial charge < -0.3 is 5.32 Å². The molecule has 0 saturated heterocycles. The molecule has 0 unspecified atom stereocenters. The zero-order valence-electron chi connectivity index (χ0n) is 9.15. The van der Waals surface area contributed by atoms with Gasteiger partial charge in [0.25, 0.3) is 5.91 Å². The number of amides is 1. The number of nitro groups is 1. The molecular weight excluding hydrogens is 264 g/mol. The first-order valence-corrected chi connectivity index (χ1v) is 6.58. The molecule has 1 aromatic heterocycles. The fourth-order valence-corrected chi connectivity index (χ4v) is 2.16. The first kappa shape index (κ1) is 13.9. The van der Waals surface area contributed by atoms with Crippen molar-refractivity contribution in [2.45, 2.75) is 19.3 Å². The molecule has 1 aromatic rings. The van der Waals surface area contributed by atoms with Crippen molar-refractivity contribution in [3.63, 3.8) is 0 Å². The molecule has 0 aliphatic rings. The van der Waals surface area contributed by atoms with E-state index in [-0.39, 0.29) is 10.9 Å². The summed E-state index contributed by atoms with van der Waals surface area (Å²) in [6, 6.07) is 2.81. The Morgan fingerprint density at radius 3 is 2.76 bits per heavy atom. The van der Waals surface area contributed by atoms with E-state index in [1.165, 1.54) is 12.1 Å². The predicted molar refractivity (Wildman–Crippen MR) is 67.9 cm³/mol. The van der Waals surface area contributed by atoms with Gasteiger partial charge in [0.1, 0.15) is 0 Å². The van der Waals surface area contributed by atoms with Gasteiger partial charge in [-0.25, -0.2) is 0 Å². The lowest BCUT2D eigenvalue weighted by Gasteiger charge is -2.02. The maximum absolute atomic E-state index is 11.6. The molecule has 1 rings (SSSR count). The Kier molecular flexibility index (Phi) is 5.93. The van der Waals surface area contributed by atoms with Crippen LogP contribution in [0.4, 0.5) is 5.00 Å². The number of halogens is 1.